The number of imidazole rings is 1. The summed E-state index contributed by atoms with van der Waals surface area (Å²) >= 11 is 0. The SMILES string of the molecule is [2H]c1nc(-c2cc(-c3cccc4c3nc(-c3ccccc3O)n4-c3ccc(-c4cc(C(C)C)cc(C([2H])(C)C)c4)cc3C([2H])([2H])[2H])cc(C(C)(C)C)c2)c([2H])c(-c2c([2H])c([2H])c(C(C([2H])([2H])[2H])(C([2H])([2H])[2H])C([2H])([2H])[2H])c([2H])c2[2H])c1[2H]. The molecule has 61 heavy (non-hydrogen) atoms. The normalized spacial score (nSPS) is 18.0. The Kier molecular flexibility index (Phi) is 6.20. The molecule has 0 amide bonds. The summed E-state index contributed by atoms with van der Waals surface area (Å²) in [5, 5.41) is 11.5. The van der Waals surface area contributed by atoms with Crippen molar-refractivity contribution in [3.63, 3.8) is 0 Å². The summed E-state index contributed by atoms with van der Waals surface area (Å²) in [4.78, 5) is 9.52. The van der Waals surface area contributed by atoms with E-state index in [2.05, 4.69) is 4.98 Å². The topological polar surface area (TPSA) is 50.9 Å². The third-order valence-electron chi connectivity index (χ3n) is 10.8. The Balaban J connectivity index is 1.40. The number of hydrogen-bond acceptors (Lipinski definition) is 3. The van der Waals surface area contributed by atoms with Crippen LogP contribution in [0.5, 0.6) is 5.75 Å². The number of pyridine rings is 1. The van der Waals surface area contributed by atoms with Gasteiger partial charge in [-0.3, -0.25) is 9.55 Å². The van der Waals surface area contributed by atoms with E-state index in [0.717, 1.165) is 16.7 Å². The summed E-state index contributed by atoms with van der Waals surface area (Å²) in [5.41, 5.74) is -1.65. The number of aromatic nitrogens is 3. The molecule has 2 heterocycles. The van der Waals surface area contributed by atoms with Crippen LogP contribution in [0.15, 0.2) is 139 Å². The predicted molar refractivity (Wildman–Crippen MR) is 258 cm³/mol. The van der Waals surface area contributed by atoms with Gasteiger partial charge in [0.1, 0.15) is 11.6 Å². The van der Waals surface area contributed by atoms with Crippen LogP contribution in [-0.2, 0) is 10.8 Å². The maximum absolute atomic E-state index is 11.5. The summed E-state index contributed by atoms with van der Waals surface area (Å²) in [7, 11) is 0. The highest BCUT2D eigenvalue weighted by atomic mass is 16.3. The summed E-state index contributed by atoms with van der Waals surface area (Å²) in [6.45, 7) is -1.11. The van der Waals surface area contributed by atoms with E-state index < -0.39 is 103 Å². The predicted octanol–water partition coefficient (Wildman–Crippen LogP) is 15.6. The van der Waals surface area contributed by atoms with Crippen LogP contribution in [0, 0.1) is 6.85 Å². The van der Waals surface area contributed by atoms with Gasteiger partial charge in [0.25, 0.3) is 0 Å². The molecule has 0 atom stereocenters. The molecule has 8 rings (SSSR count). The molecule has 0 fully saturated rings. The van der Waals surface area contributed by atoms with Crippen LogP contribution in [0.2, 0.25) is 0 Å². The van der Waals surface area contributed by atoms with Crippen LogP contribution < -0.4 is 0 Å². The lowest BCUT2D eigenvalue weighted by atomic mass is 9.83. The average molecular weight is 822 g/mol. The molecule has 0 aliphatic rings. The van der Waals surface area contributed by atoms with E-state index in [-0.39, 0.29) is 45.6 Å². The number of rotatable bonds is 8. The first-order chi connectivity index (χ1) is 37.1. The Bertz CT molecular complexity index is 3750. The fourth-order valence-corrected chi connectivity index (χ4v) is 7.33. The first-order valence-electron chi connectivity index (χ1n) is 30.0. The van der Waals surface area contributed by atoms with Gasteiger partial charge in [-0.1, -0.05) is 148 Å². The minimum atomic E-state index is -3.95. The molecule has 0 aliphatic heterocycles. The van der Waals surface area contributed by atoms with Crippen molar-refractivity contribution in [1.29, 1.82) is 0 Å². The zero-order chi connectivity index (χ0) is 60.4. The maximum atomic E-state index is 11.5. The van der Waals surface area contributed by atoms with Gasteiger partial charge >= 0.3 is 0 Å². The van der Waals surface area contributed by atoms with E-state index in [9.17, 15) is 6.48 Å². The molecule has 0 bridgehead atoms. The molecule has 6 aromatic carbocycles. The largest absolute Gasteiger partial charge is 0.507 e. The van der Waals surface area contributed by atoms with Crippen LogP contribution >= 0.6 is 0 Å². The monoisotopic (exact) mass is 822 g/mol. The van der Waals surface area contributed by atoms with Gasteiger partial charge in [0.15, 0.2) is 0 Å². The van der Waals surface area contributed by atoms with Gasteiger partial charge < -0.3 is 5.11 Å². The van der Waals surface area contributed by atoms with Crippen molar-refractivity contribution >= 4 is 11.0 Å². The first-order valence-corrected chi connectivity index (χ1v) is 20.0. The number of fused-ring (bicyclic) bond motifs is 1. The molecule has 0 unspecified atom stereocenters. The van der Waals surface area contributed by atoms with E-state index in [4.69, 9.17) is 31.0 Å². The molecule has 308 valence electrons. The molecule has 0 saturated carbocycles. The van der Waals surface area contributed by atoms with Crippen molar-refractivity contribution in [2.45, 2.75) is 98.5 Å². The molecular weight excluding hydrogens is 743 g/mol. The molecule has 0 aliphatic carbocycles. The summed E-state index contributed by atoms with van der Waals surface area (Å²) in [5.74, 6) is -0.810. The standard InChI is InChI=1S/C57H59N3O/c1-35(2)41-28-42(36(3)4)30-43(29-41)39-21-24-51(37(5)27-39)60-52-17-14-16-48(54(52)59-55(60)49-15-12-13-18-53(49)61)44-31-45(33-47(32-44)57(9,10)11)50-34-40(25-26-58-50)38-19-22-46(23-20-38)56(6,7)8/h12-36,61H,1-11H3/i5D3,6D3,7D3,8D3,19D,20D,22D,23D,25D,26D,34D,35D. The van der Waals surface area contributed by atoms with Crippen molar-refractivity contribution in [2.75, 3.05) is 0 Å². The first kappa shape index (κ1) is 23.7. The second-order valence-corrected chi connectivity index (χ2v) is 16.9. The third kappa shape index (κ3) is 8.29. The minimum Gasteiger partial charge on any atom is -0.507 e. The molecule has 4 heteroatoms. The molecule has 2 aromatic heterocycles. The Morgan fingerprint density at radius 3 is 2.10 bits per heavy atom. The summed E-state index contributed by atoms with van der Waals surface area (Å²) in [6.07, 6.45) is -0.779. The number of benzene rings is 6. The number of phenolic OH excluding ortho intramolecular Hbond substituents is 1. The number of para-hydroxylation sites is 2. The van der Waals surface area contributed by atoms with E-state index in [0.29, 0.717) is 33.3 Å². The van der Waals surface area contributed by atoms with Crippen LogP contribution in [-0.4, -0.2) is 19.6 Å². The third-order valence-corrected chi connectivity index (χ3v) is 10.8. The van der Waals surface area contributed by atoms with Gasteiger partial charge in [0, 0.05) is 35.1 Å². The number of hydrogen-bond donors (Lipinski definition) is 1. The number of aryl methyl sites for hydroxylation is 1. The molecule has 8 aromatic rings. The molecular formula is C57H59N3O. The Morgan fingerprint density at radius 1 is 0.656 bits per heavy atom. The second-order valence-electron chi connectivity index (χ2n) is 16.9. The molecule has 0 spiro atoms. The summed E-state index contributed by atoms with van der Waals surface area (Å²) < 4.78 is 175. The zero-order valence-corrected chi connectivity index (χ0v) is 35.1. The summed E-state index contributed by atoms with van der Waals surface area (Å²) in [6, 6.07) is 21.5. The Hall–Kier alpha value is -6.26. The Labute approximate surface area is 391 Å². The van der Waals surface area contributed by atoms with Crippen molar-refractivity contribution in [3.05, 3.63) is 167 Å². The molecule has 0 saturated heterocycles. The lowest BCUT2D eigenvalue weighted by Gasteiger charge is -2.22. The zero-order valence-electron chi connectivity index (χ0n) is 55.1. The lowest BCUT2D eigenvalue weighted by Crippen LogP contribution is -2.11. The van der Waals surface area contributed by atoms with Crippen LogP contribution in [0.3, 0.4) is 0 Å². The number of aromatic hydroxyl groups is 1. The van der Waals surface area contributed by atoms with E-state index in [1.54, 1.807) is 79.1 Å². The van der Waals surface area contributed by atoms with E-state index in [1.807, 2.05) is 65.0 Å². The number of nitrogens with zero attached hydrogens (tertiary/aromatic N) is 3. The fraction of sp³-hybridized carbons (Fsp3) is 0.263. The van der Waals surface area contributed by atoms with Crippen molar-refractivity contribution in [3.8, 4) is 67.5 Å². The average Bonchev–Trinajstić information content (AvgIpc) is 2.99. The van der Waals surface area contributed by atoms with Crippen LogP contribution in [0.4, 0.5) is 0 Å². The Morgan fingerprint density at radius 2 is 1.39 bits per heavy atom. The lowest BCUT2D eigenvalue weighted by molar-refractivity contribution is 0.477. The highest BCUT2D eigenvalue weighted by molar-refractivity contribution is 5.97. The van der Waals surface area contributed by atoms with Gasteiger partial charge in [-0.25, -0.2) is 4.98 Å². The smallest absolute Gasteiger partial charge is 0.149 e. The fourth-order valence-electron chi connectivity index (χ4n) is 7.33. The van der Waals surface area contributed by atoms with Gasteiger partial charge in [-0.15, -0.1) is 0 Å². The number of phenols is 1. The quantitative estimate of drug-likeness (QED) is 0.166. The van der Waals surface area contributed by atoms with Crippen molar-refractivity contribution in [2.24, 2.45) is 0 Å². The second kappa shape index (κ2) is 16.0. The highest BCUT2D eigenvalue weighted by Gasteiger charge is 2.23. The van der Waals surface area contributed by atoms with Crippen molar-refractivity contribution < 1.29 is 32.5 Å². The molecule has 4 nitrogen and oxygen atoms in total. The van der Waals surface area contributed by atoms with Crippen molar-refractivity contribution in [1.82, 2.24) is 14.5 Å². The van der Waals surface area contributed by atoms with Gasteiger partial charge in [-0.2, -0.15) is 0 Å². The molecule has 0 radical (unpaired) electrons. The van der Waals surface area contributed by atoms with E-state index >= 15 is 0 Å². The minimum absolute atomic E-state index is 0.0311. The highest BCUT2D eigenvalue weighted by Crippen LogP contribution is 2.41. The van der Waals surface area contributed by atoms with Gasteiger partial charge in [0.2, 0.25) is 0 Å². The molecule has 1 N–H and O–H groups in total. The van der Waals surface area contributed by atoms with Gasteiger partial charge in [0.05, 0.1) is 37.6 Å². The van der Waals surface area contributed by atoms with Crippen LogP contribution in [0.1, 0.15) is 136 Å². The maximum Gasteiger partial charge on any atom is 0.149 e. The van der Waals surface area contributed by atoms with Gasteiger partial charge in [-0.05, 0) is 140 Å². The van der Waals surface area contributed by atoms with E-state index in [1.165, 1.54) is 6.07 Å². The van der Waals surface area contributed by atoms with Crippen LogP contribution in [0.25, 0.3) is 72.7 Å².